The van der Waals surface area contributed by atoms with Gasteiger partial charge in [-0.25, -0.2) is 0 Å². The molecule has 0 radical (unpaired) electrons. The fourth-order valence-electron chi connectivity index (χ4n) is 4.02. The monoisotopic (exact) mass is 375 g/mol. The summed E-state index contributed by atoms with van der Waals surface area (Å²) < 4.78 is 0. The molecule has 2 aromatic carbocycles. The van der Waals surface area contributed by atoms with E-state index in [1.54, 1.807) is 9.80 Å². The van der Waals surface area contributed by atoms with Gasteiger partial charge in [-0.05, 0) is 56.5 Å². The summed E-state index contributed by atoms with van der Waals surface area (Å²) in [6.07, 6.45) is 0. The third kappa shape index (κ3) is 2.97. The summed E-state index contributed by atoms with van der Waals surface area (Å²) in [5, 5.41) is 1.10. The molecule has 1 saturated heterocycles. The van der Waals surface area contributed by atoms with Crippen LogP contribution < -0.4 is 4.90 Å². The van der Waals surface area contributed by atoms with Crippen LogP contribution in [0.25, 0.3) is 10.9 Å². The molecule has 0 spiro atoms. The number of hydrogen-bond donors (Lipinski definition) is 1. The largest absolute Gasteiger partial charge is 0.350 e. The van der Waals surface area contributed by atoms with Crippen LogP contribution in [0.1, 0.15) is 32.7 Å². The molecule has 1 fully saturated rings. The van der Waals surface area contributed by atoms with Crippen molar-refractivity contribution in [2.75, 3.05) is 24.5 Å². The molecule has 1 N–H and O–H groups in total. The maximum Gasteiger partial charge on any atom is 0.271 e. The van der Waals surface area contributed by atoms with E-state index in [9.17, 15) is 9.59 Å². The van der Waals surface area contributed by atoms with Gasteiger partial charge in [0.15, 0.2) is 0 Å². The minimum Gasteiger partial charge on any atom is -0.350 e. The van der Waals surface area contributed by atoms with Crippen molar-refractivity contribution < 1.29 is 9.59 Å². The zero-order valence-electron chi connectivity index (χ0n) is 16.8. The Morgan fingerprint density at radius 2 is 1.61 bits per heavy atom. The topological polar surface area (TPSA) is 56.4 Å². The van der Waals surface area contributed by atoms with E-state index in [4.69, 9.17) is 0 Å². The number of amides is 2. The van der Waals surface area contributed by atoms with Crippen LogP contribution in [-0.4, -0.2) is 41.3 Å². The minimum absolute atomic E-state index is 0.0513. The van der Waals surface area contributed by atoms with E-state index in [1.165, 1.54) is 0 Å². The van der Waals surface area contributed by atoms with Crippen LogP contribution in [0.5, 0.6) is 0 Å². The molecule has 1 aromatic heterocycles. The van der Waals surface area contributed by atoms with Crippen molar-refractivity contribution >= 4 is 28.4 Å². The second-order valence-electron chi connectivity index (χ2n) is 7.68. The third-order valence-electron chi connectivity index (χ3n) is 5.69. The summed E-state index contributed by atoms with van der Waals surface area (Å²) in [5.74, 6) is -0.158. The van der Waals surface area contributed by atoms with Gasteiger partial charge >= 0.3 is 0 Å². The van der Waals surface area contributed by atoms with Crippen molar-refractivity contribution in [2.24, 2.45) is 0 Å². The van der Waals surface area contributed by atoms with Crippen LogP contribution in [-0.2, 0) is 4.79 Å². The number of nitrogens with zero attached hydrogens (tertiary/aromatic N) is 2. The highest BCUT2D eigenvalue weighted by Gasteiger charge is 2.30. The summed E-state index contributed by atoms with van der Waals surface area (Å²) in [5.41, 5.74) is 6.85. The molecule has 0 bridgehead atoms. The molecule has 5 nitrogen and oxygen atoms in total. The highest BCUT2D eigenvalue weighted by atomic mass is 16.2. The van der Waals surface area contributed by atoms with Crippen LogP contribution in [0.15, 0.2) is 36.4 Å². The van der Waals surface area contributed by atoms with Gasteiger partial charge in [0.1, 0.15) is 12.2 Å². The number of carbonyl (C=O) groups excluding carboxylic acids is 2. The van der Waals surface area contributed by atoms with Crippen LogP contribution in [0, 0.1) is 27.7 Å². The number of anilines is 1. The quantitative estimate of drug-likeness (QED) is 0.739. The summed E-state index contributed by atoms with van der Waals surface area (Å²) in [4.78, 5) is 32.6. The Morgan fingerprint density at radius 3 is 2.25 bits per heavy atom. The predicted octanol–water partition coefficient (Wildman–Crippen LogP) is 3.89. The highest BCUT2D eigenvalue weighted by Crippen LogP contribution is 2.29. The van der Waals surface area contributed by atoms with Gasteiger partial charge in [0.05, 0.1) is 0 Å². The van der Waals surface area contributed by atoms with E-state index >= 15 is 0 Å². The van der Waals surface area contributed by atoms with Crippen molar-refractivity contribution in [3.63, 3.8) is 0 Å². The molecule has 1 aliphatic heterocycles. The summed E-state index contributed by atoms with van der Waals surface area (Å²) in [6, 6.07) is 12.1. The van der Waals surface area contributed by atoms with Crippen molar-refractivity contribution in [3.05, 3.63) is 64.3 Å². The Balaban J connectivity index is 1.59. The summed E-state index contributed by atoms with van der Waals surface area (Å²) in [6.45, 7) is 9.21. The van der Waals surface area contributed by atoms with Crippen LogP contribution in [0.4, 0.5) is 5.69 Å². The number of aromatic amines is 1. The van der Waals surface area contributed by atoms with Crippen LogP contribution in [0.3, 0.4) is 0 Å². The number of piperazine rings is 1. The van der Waals surface area contributed by atoms with E-state index in [-0.39, 0.29) is 18.4 Å². The number of aryl methyl sites for hydroxylation is 4. The normalized spacial score (nSPS) is 14.8. The first-order valence-corrected chi connectivity index (χ1v) is 9.61. The van der Waals surface area contributed by atoms with Crippen LogP contribution in [0.2, 0.25) is 0 Å². The lowest BCUT2D eigenvalue weighted by Crippen LogP contribution is -2.52. The Morgan fingerprint density at radius 1 is 0.929 bits per heavy atom. The molecule has 0 aliphatic carbocycles. The molecule has 2 amide bonds. The first kappa shape index (κ1) is 18.3. The zero-order chi connectivity index (χ0) is 20.0. The van der Waals surface area contributed by atoms with E-state index < -0.39 is 0 Å². The average molecular weight is 375 g/mol. The van der Waals surface area contributed by atoms with Crippen molar-refractivity contribution in [3.8, 4) is 0 Å². The van der Waals surface area contributed by atoms with Crippen molar-refractivity contribution in [2.45, 2.75) is 27.7 Å². The van der Waals surface area contributed by atoms with E-state index in [1.807, 2.05) is 45.0 Å². The molecule has 3 aromatic rings. The number of aromatic nitrogens is 1. The summed E-state index contributed by atoms with van der Waals surface area (Å²) >= 11 is 0. The summed E-state index contributed by atoms with van der Waals surface area (Å²) in [7, 11) is 0. The Labute approximate surface area is 165 Å². The van der Waals surface area contributed by atoms with Gasteiger partial charge in [0.25, 0.3) is 5.91 Å². The van der Waals surface area contributed by atoms with E-state index in [0.717, 1.165) is 38.8 Å². The van der Waals surface area contributed by atoms with Crippen LogP contribution >= 0.6 is 0 Å². The molecule has 1 aliphatic rings. The molecule has 28 heavy (non-hydrogen) atoms. The molecule has 0 unspecified atom stereocenters. The number of benzene rings is 2. The molecular weight excluding hydrogens is 350 g/mol. The van der Waals surface area contributed by atoms with Gasteiger partial charge in [-0.15, -0.1) is 0 Å². The average Bonchev–Trinajstić information content (AvgIpc) is 3.03. The maximum atomic E-state index is 13.2. The molecule has 4 rings (SSSR count). The lowest BCUT2D eigenvalue weighted by atomic mass is 10.0. The number of fused-ring (bicyclic) bond motifs is 1. The van der Waals surface area contributed by atoms with Crippen molar-refractivity contribution in [1.29, 1.82) is 0 Å². The lowest BCUT2D eigenvalue weighted by Gasteiger charge is -2.34. The number of hydrogen-bond acceptors (Lipinski definition) is 2. The fraction of sp³-hybridized carbons (Fsp3) is 0.304. The lowest BCUT2D eigenvalue weighted by molar-refractivity contribution is -0.120. The second kappa shape index (κ2) is 6.82. The first-order valence-electron chi connectivity index (χ1n) is 9.61. The molecular formula is C23H25N3O2. The molecule has 0 saturated carbocycles. The van der Waals surface area contributed by atoms with Crippen molar-refractivity contribution in [1.82, 2.24) is 9.88 Å². The smallest absolute Gasteiger partial charge is 0.271 e. The van der Waals surface area contributed by atoms with Gasteiger partial charge in [-0.2, -0.15) is 0 Å². The standard InChI is InChI=1S/C23H25N3O2/c1-14-5-9-18(10-6-14)26-12-11-25(13-19(26)27)23(28)22-17(4)20-15(2)7-8-16(3)21(20)24-22/h5-10,24H,11-13H2,1-4H3. The number of nitrogens with one attached hydrogen (secondary N) is 1. The number of H-pyrrole nitrogens is 1. The van der Waals surface area contributed by atoms with Gasteiger partial charge in [-0.3, -0.25) is 9.59 Å². The molecule has 0 atom stereocenters. The fourth-order valence-corrected chi connectivity index (χ4v) is 4.02. The number of carbonyl (C=O) groups is 2. The molecule has 144 valence electrons. The van der Waals surface area contributed by atoms with E-state index in [0.29, 0.717) is 18.8 Å². The zero-order valence-corrected chi connectivity index (χ0v) is 16.8. The number of rotatable bonds is 2. The van der Waals surface area contributed by atoms with Gasteiger partial charge in [0.2, 0.25) is 5.91 Å². The molecule has 2 heterocycles. The minimum atomic E-state index is -0.107. The second-order valence-corrected chi connectivity index (χ2v) is 7.68. The SMILES string of the molecule is Cc1ccc(N2CCN(C(=O)c3[nH]c4c(C)ccc(C)c4c3C)CC2=O)cc1. The molecule has 5 heteroatoms. The third-order valence-corrected chi connectivity index (χ3v) is 5.69. The first-order chi connectivity index (χ1) is 13.4. The van der Waals surface area contributed by atoms with Gasteiger partial charge in [0, 0.05) is 29.7 Å². The predicted molar refractivity (Wildman–Crippen MR) is 112 cm³/mol. The highest BCUT2D eigenvalue weighted by molar-refractivity contribution is 6.05. The Bertz CT molecular complexity index is 1080. The van der Waals surface area contributed by atoms with E-state index in [2.05, 4.69) is 24.0 Å². The Kier molecular flexibility index (Phi) is 4.46. The maximum absolute atomic E-state index is 13.2. The van der Waals surface area contributed by atoms with Gasteiger partial charge < -0.3 is 14.8 Å². The Hall–Kier alpha value is -3.08. The van der Waals surface area contributed by atoms with Gasteiger partial charge in [-0.1, -0.05) is 29.8 Å².